The number of benzene rings is 1. The number of anilines is 1. The summed E-state index contributed by atoms with van der Waals surface area (Å²) in [6, 6.07) is 4.06. The van der Waals surface area contributed by atoms with E-state index in [1.54, 1.807) is 18.4 Å². The molecule has 2 nitrogen and oxygen atoms in total. The lowest BCUT2D eigenvalue weighted by atomic mass is 10.2. The van der Waals surface area contributed by atoms with E-state index in [2.05, 4.69) is 28.7 Å². The zero-order valence-electron chi connectivity index (χ0n) is 7.00. The van der Waals surface area contributed by atoms with Crippen LogP contribution in [0.5, 0.6) is 5.75 Å². The van der Waals surface area contributed by atoms with Crippen LogP contribution >= 0.6 is 33.9 Å². The van der Waals surface area contributed by atoms with Gasteiger partial charge >= 0.3 is 0 Å². The van der Waals surface area contributed by atoms with E-state index in [1.807, 2.05) is 11.4 Å². The number of methoxy groups -OCH3 is 1. The Morgan fingerprint density at radius 1 is 1.46 bits per heavy atom. The summed E-state index contributed by atoms with van der Waals surface area (Å²) in [5.41, 5.74) is 6.70. The molecule has 2 aromatic rings. The first-order valence-electron chi connectivity index (χ1n) is 3.72. The number of nitrogens with two attached hydrogens (primary N) is 1. The van der Waals surface area contributed by atoms with Crippen molar-refractivity contribution in [2.45, 2.75) is 0 Å². The summed E-state index contributed by atoms with van der Waals surface area (Å²) in [5.74, 6) is 0.908. The van der Waals surface area contributed by atoms with Gasteiger partial charge in [0.05, 0.1) is 17.5 Å². The Morgan fingerprint density at radius 2 is 2.23 bits per heavy atom. The van der Waals surface area contributed by atoms with Gasteiger partial charge in [0.15, 0.2) is 0 Å². The molecule has 0 amide bonds. The molecule has 1 aromatic heterocycles. The molecule has 1 heterocycles. The van der Waals surface area contributed by atoms with Gasteiger partial charge in [-0.3, -0.25) is 0 Å². The number of halogens is 1. The Hall–Kier alpha value is -0.490. The predicted octanol–water partition coefficient (Wildman–Crippen LogP) is 3.10. The van der Waals surface area contributed by atoms with Crippen LogP contribution in [0, 0.1) is 3.57 Å². The SMILES string of the molecule is COc1csc2c(N)cc(I)cc12. The van der Waals surface area contributed by atoms with E-state index in [-0.39, 0.29) is 0 Å². The summed E-state index contributed by atoms with van der Waals surface area (Å²) in [6.45, 7) is 0. The molecule has 1 aromatic carbocycles. The minimum absolute atomic E-state index is 0.829. The minimum atomic E-state index is 0.829. The lowest BCUT2D eigenvalue weighted by Crippen LogP contribution is -1.86. The zero-order chi connectivity index (χ0) is 9.42. The number of hydrogen-bond donors (Lipinski definition) is 1. The first-order valence-corrected chi connectivity index (χ1v) is 5.68. The fourth-order valence-corrected chi connectivity index (χ4v) is 2.84. The van der Waals surface area contributed by atoms with Crippen LogP contribution in [-0.4, -0.2) is 7.11 Å². The fourth-order valence-electron chi connectivity index (χ4n) is 1.26. The molecular formula is C9H8INOS. The van der Waals surface area contributed by atoms with Gasteiger partial charge < -0.3 is 10.5 Å². The first-order chi connectivity index (χ1) is 6.22. The van der Waals surface area contributed by atoms with Crippen molar-refractivity contribution in [3.63, 3.8) is 0 Å². The van der Waals surface area contributed by atoms with Gasteiger partial charge in [0.2, 0.25) is 0 Å². The standard InChI is InChI=1S/C9H8INOS/c1-12-8-4-13-9-6(8)2-5(10)3-7(9)11/h2-4H,11H2,1H3. The smallest absolute Gasteiger partial charge is 0.137 e. The molecule has 0 radical (unpaired) electrons. The molecular weight excluding hydrogens is 297 g/mol. The molecule has 0 atom stereocenters. The maximum atomic E-state index is 5.88. The third-order valence-corrected chi connectivity index (χ3v) is 3.50. The molecule has 4 heteroatoms. The highest BCUT2D eigenvalue weighted by atomic mass is 127. The summed E-state index contributed by atoms with van der Waals surface area (Å²) >= 11 is 3.87. The molecule has 0 saturated heterocycles. The van der Waals surface area contributed by atoms with Gasteiger partial charge in [-0.15, -0.1) is 11.3 Å². The third-order valence-electron chi connectivity index (χ3n) is 1.85. The Morgan fingerprint density at radius 3 is 2.92 bits per heavy atom. The van der Waals surface area contributed by atoms with Crippen molar-refractivity contribution < 1.29 is 4.74 Å². The van der Waals surface area contributed by atoms with Crippen LogP contribution in [-0.2, 0) is 0 Å². The number of hydrogen-bond acceptors (Lipinski definition) is 3. The van der Waals surface area contributed by atoms with Gasteiger partial charge in [0.1, 0.15) is 5.75 Å². The van der Waals surface area contributed by atoms with Crippen molar-refractivity contribution in [3.8, 4) is 5.75 Å². The van der Waals surface area contributed by atoms with Gasteiger partial charge in [-0.2, -0.15) is 0 Å². The molecule has 0 fully saturated rings. The average molecular weight is 305 g/mol. The van der Waals surface area contributed by atoms with Crippen LogP contribution < -0.4 is 10.5 Å². The van der Waals surface area contributed by atoms with Crippen LogP contribution in [0.25, 0.3) is 10.1 Å². The number of fused-ring (bicyclic) bond motifs is 1. The van der Waals surface area contributed by atoms with Crippen LogP contribution in [0.1, 0.15) is 0 Å². The van der Waals surface area contributed by atoms with E-state index in [4.69, 9.17) is 10.5 Å². The van der Waals surface area contributed by atoms with Crippen molar-refractivity contribution in [2.75, 3.05) is 12.8 Å². The third kappa shape index (κ3) is 1.48. The Labute approximate surface area is 93.8 Å². The van der Waals surface area contributed by atoms with Gasteiger partial charge in [-0.05, 0) is 34.7 Å². The molecule has 0 aliphatic heterocycles. The second-order valence-corrected chi connectivity index (χ2v) is 4.80. The van der Waals surface area contributed by atoms with Gasteiger partial charge in [0, 0.05) is 14.3 Å². The van der Waals surface area contributed by atoms with Gasteiger partial charge in [-0.1, -0.05) is 0 Å². The second-order valence-electron chi connectivity index (χ2n) is 2.68. The van der Waals surface area contributed by atoms with Crippen molar-refractivity contribution in [3.05, 3.63) is 21.1 Å². The van der Waals surface area contributed by atoms with Crippen molar-refractivity contribution in [2.24, 2.45) is 0 Å². The Bertz CT molecular complexity index is 452. The van der Waals surface area contributed by atoms with Crippen molar-refractivity contribution in [1.29, 1.82) is 0 Å². The van der Waals surface area contributed by atoms with E-state index >= 15 is 0 Å². The summed E-state index contributed by atoms with van der Waals surface area (Å²) in [7, 11) is 1.68. The highest BCUT2D eigenvalue weighted by Crippen LogP contribution is 2.36. The van der Waals surface area contributed by atoms with Crippen LogP contribution in [0.15, 0.2) is 17.5 Å². The lowest BCUT2D eigenvalue weighted by molar-refractivity contribution is 0.421. The highest BCUT2D eigenvalue weighted by molar-refractivity contribution is 14.1. The largest absolute Gasteiger partial charge is 0.495 e. The quantitative estimate of drug-likeness (QED) is 0.649. The topological polar surface area (TPSA) is 35.2 Å². The zero-order valence-corrected chi connectivity index (χ0v) is 9.98. The molecule has 68 valence electrons. The van der Waals surface area contributed by atoms with Crippen molar-refractivity contribution in [1.82, 2.24) is 0 Å². The number of ether oxygens (including phenoxy) is 1. The maximum Gasteiger partial charge on any atom is 0.137 e. The predicted molar refractivity (Wildman–Crippen MR) is 65.5 cm³/mol. The molecule has 2 N–H and O–H groups in total. The van der Waals surface area contributed by atoms with E-state index < -0.39 is 0 Å². The Kier molecular flexibility index (Phi) is 2.33. The van der Waals surface area contributed by atoms with Crippen LogP contribution in [0.3, 0.4) is 0 Å². The van der Waals surface area contributed by atoms with Gasteiger partial charge in [0.25, 0.3) is 0 Å². The van der Waals surface area contributed by atoms with E-state index in [1.165, 1.54) is 0 Å². The molecule has 13 heavy (non-hydrogen) atoms. The maximum absolute atomic E-state index is 5.88. The minimum Gasteiger partial charge on any atom is -0.495 e. The first kappa shape index (κ1) is 9.08. The summed E-state index contributed by atoms with van der Waals surface area (Å²) < 4.78 is 7.48. The number of nitrogen functional groups attached to an aromatic ring is 1. The molecule has 2 rings (SSSR count). The van der Waals surface area contributed by atoms with Crippen LogP contribution in [0.2, 0.25) is 0 Å². The molecule has 0 spiro atoms. The monoisotopic (exact) mass is 305 g/mol. The summed E-state index contributed by atoms with van der Waals surface area (Å²) in [5, 5.41) is 3.09. The normalized spacial score (nSPS) is 10.6. The molecule has 0 bridgehead atoms. The highest BCUT2D eigenvalue weighted by Gasteiger charge is 2.07. The second kappa shape index (κ2) is 3.34. The summed E-state index contributed by atoms with van der Waals surface area (Å²) in [6.07, 6.45) is 0. The molecule has 0 aliphatic rings. The Balaban J connectivity index is 2.82. The number of rotatable bonds is 1. The molecule has 0 aliphatic carbocycles. The fraction of sp³-hybridized carbons (Fsp3) is 0.111. The lowest BCUT2D eigenvalue weighted by Gasteiger charge is -1.99. The molecule has 0 saturated carbocycles. The molecule has 0 unspecified atom stereocenters. The van der Waals surface area contributed by atoms with E-state index in [0.29, 0.717) is 0 Å². The number of thiophene rings is 1. The van der Waals surface area contributed by atoms with Crippen molar-refractivity contribution >= 4 is 49.7 Å². The van der Waals surface area contributed by atoms with E-state index in [9.17, 15) is 0 Å². The van der Waals surface area contributed by atoms with Gasteiger partial charge in [-0.25, -0.2) is 0 Å². The average Bonchev–Trinajstić information content (AvgIpc) is 2.47. The van der Waals surface area contributed by atoms with E-state index in [0.717, 1.165) is 25.1 Å². The van der Waals surface area contributed by atoms with Crippen LogP contribution in [0.4, 0.5) is 5.69 Å². The summed E-state index contributed by atoms with van der Waals surface area (Å²) in [4.78, 5) is 0.